The lowest BCUT2D eigenvalue weighted by atomic mass is 9.74. The van der Waals surface area contributed by atoms with Gasteiger partial charge in [-0.1, -0.05) is 0 Å². The van der Waals surface area contributed by atoms with Crippen LogP contribution in [0.25, 0.3) is 10.9 Å². The van der Waals surface area contributed by atoms with Gasteiger partial charge < -0.3 is 14.9 Å². The summed E-state index contributed by atoms with van der Waals surface area (Å²) in [6.07, 6.45) is 3.28. The minimum absolute atomic E-state index is 0.114. The number of rotatable bonds is 4. The summed E-state index contributed by atoms with van der Waals surface area (Å²) >= 11 is 0. The molecule has 0 aliphatic carbocycles. The highest BCUT2D eigenvalue weighted by molar-refractivity contribution is 5.83. The van der Waals surface area contributed by atoms with Gasteiger partial charge in [0, 0.05) is 30.8 Å². The van der Waals surface area contributed by atoms with E-state index >= 15 is 0 Å². The van der Waals surface area contributed by atoms with Crippen LogP contribution in [-0.2, 0) is 0 Å². The second-order valence-electron chi connectivity index (χ2n) is 7.02. The molecular formula is C19H24N2O3. The predicted molar refractivity (Wildman–Crippen MR) is 91.9 cm³/mol. The second kappa shape index (κ2) is 6.31. The van der Waals surface area contributed by atoms with Crippen LogP contribution in [0.15, 0.2) is 30.5 Å². The Hall–Kier alpha value is -1.69. The van der Waals surface area contributed by atoms with Crippen LogP contribution in [0.2, 0.25) is 0 Å². The third-order valence-corrected chi connectivity index (χ3v) is 5.84. The minimum atomic E-state index is -0.551. The van der Waals surface area contributed by atoms with E-state index in [1.54, 1.807) is 13.3 Å². The fourth-order valence-electron chi connectivity index (χ4n) is 4.45. The molecule has 0 spiro atoms. The number of piperidine rings is 3. The summed E-state index contributed by atoms with van der Waals surface area (Å²) < 4.78 is 5.33. The van der Waals surface area contributed by atoms with Gasteiger partial charge in [-0.15, -0.1) is 0 Å². The van der Waals surface area contributed by atoms with Crippen LogP contribution in [-0.4, -0.2) is 52.9 Å². The van der Waals surface area contributed by atoms with Crippen molar-refractivity contribution in [2.75, 3.05) is 26.8 Å². The van der Waals surface area contributed by atoms with Gasteiger partial charge >= 0.3 is 0 Å². The molecule has 3 fully saturated rings. The van der Waals surface area contributed by atoms with Crippen molar-refractivity contribution in [2.45, 2.75) is 25.0 Å². The van der Waals surface area contributed by atoms with Gasteiger partial charge in [-0.2, -0.15) is 0 Å². The van der Waals surface area contributed by atoms with Gasteiger partial charge in [-0.3, -0.25) is 9.88 Å². The van der Waals surface area contributed by atoms with Gasteiger partial charge in [-0.05, 0) is 61.1 Å². The quantitative estimate of drug-likeness (QED) is 0.898. The lowest BCUT2D eigenvalue weighted by molar-refractivity contribution is -0.0671. The number of hydrogen-bond donors (Lipinski definition) is 2. The van der Waals surface area contributed by atoms with E-state index < -0.39 is 6.10 Å². The maximum atomic E-state index is 11.1. The lowest BCUT2D eigenvalue weighted by Gasteiger charge is -2.51. The molecule has 3 aliphatic rings. The Kier molecular flexibility index (Phi) is 4.16. The number of methoxy groups -OCH3 is 1. The van der Waals surface area contributed by atoms with E-state index in [-0.39, 0.29) is 12.6 Å². The van der Waals surface area contributed by atoms with E-state index in [1.165, 1.54) is 0 Å². The highest BCUT2D eigenvalue weighted by Crippen LogP contribution is 2.41. The summed E-state index contributed by atoms with van der Waals surface area (Å²) in [4.78, 5) is 6.75. The maximum absolute atomic E-state index is 11.1. The Labute approximate surface area is 141 Å². The summed E-state index contributed by atoms with van der Waals surface area (Å²) in [5.74, 6) is 1.65. The average molecular weight is 328 g/mol. The number of pyridine rings is 1. The van der Waals surface area contributed by atoms with Gasteiger partial charge in [0.15, 0.2) is 0 Å². The number of aromatic nitrogens is 1. The number of aliphatic hydroxyl groups is 2. The molecule has 24 heavy (non-hydrogen) atoms. The SMILES string of the molecule is COc1ccc2nccc([C@@H](O)[C@H]3C[C@@H]4CCN3C[C@@H]4CO)c2c1. The zero-order valence-corrected chi connectivity index (χ0v) is 13.9. The molecular weight excluding hydrogens is 304 g/mol. The Bertz CT molecular complexity index is 736. The van der Waals surface area contributed by atoms with Crippen molar-refractivity contribution in [3.05, 3.63) is 36.0 Å². The fourth-order valence-corrected chi connectivity index (χ4v) is 4.45. The third-order valence-electron chi connectivity index (χ3n) is 5.84. The van der Waals surface area contributed by atoms with Crippen LogP contribution in [0.5, 0.6) is 5.75 Å². The van der Waals surface area contributed by atoms with Crippen molar-refractivity contribution in [1.82, 2.24) is 9.88 Å². The Morgan fingerprint density at radius 2 is 2.25 bits per heavy atom. The molecule has 0 saturated carbocycles. The van der Waals surface area contributed by atoms with E-state index in [0.29, 0.717) is 11.8 Å². The van der Waals surface area contributed by atoms with Crippen molar-refractivity contribution in [1.29, 1.82) is 0 Å². The molecule has 0 amide bonds. The molecule has 5 atom stereocenters. The van der Waals surface area contributed by atoms with Gasteiger partial charge in [-0.25, -0.2) is 0 Å². The monoisotopic (exact) mass is 328 g/mol. The normalized spacial score (nSPS) is 30.5. The van der Waals surface area contributed by atoms with Crippen LogP contribution in [0.4, 0.5) is 0 Å². The van der Waals surface area contributed by atoms with E-state index in [9.17, 15) is 10.2 Å². The topological polar surface area (TPSA) is 65.8 Å². The summed E-state index contributed by atoms with van der Waals surface area (Å²) in [6.45, 7) is 2.14. The summed E-state index contributed by atoms with van der Waals surface area (Å²) in [6, 6.07) is 7.80. The molecule has 1 aromatic heterocycles. The Morgan fingerprint density at radius 1 is 1.38 bits per heavy atom. The summed E-state index contributed by atoms with van der Waals surface area (Å²) in [7, 11) is 1.65. The lowest BCUT2D eigenvalue weighted by Crippen LogP contribution is -2.56. The van der Waals surface area contributed by atoms with E-state index in [0.717, 1.165) is 48.1 Å². The van der Waals surface area contributed by atoms with Crippen molar-refractivity contribution < 1.29 is 14.9 Å². The van der Waals surface area contributed by atoms with E-state index in [2.05, 4.69) is 9.88 Å². The first kappa shape index (κ1) is 15.8. The Balaban J connectivity index is 1.68. The molecule has 5 nitrogen and oxygen atoms in total. The third kappa shape index (κ3) is 2.57. The van der Waals surface area contributed by atoms with Crippen LogP contribution in [0.1, 0.15) is 24.5 Å². The Morgan fingerprint density at radius 3 is 2.96 bits per heavy atom. The first-order valence-electron chi connectivity index (χ1n) is 8.67. The van der Waals surface area contributed by atoms with Crippen molar-refractivity contribution in [3.63, 3.8) is 0 Å². The molecule has 4 heterocycles. The van der Waals surface area contributed by atoms with Crippen LogP contribution in [0, 0.1) is 11.8 Å². The second-order valence-corrected chi connectivity index (χ2v) is 7.02. The molecule has 128 valence electrons. The van der Waals surface area contributed by atoms with Gasteiger partial charge in [0.1, 0.15) is 5.75 Å². The van der Waals surface area contributed by atoms with Crippen LogP contribution in [0.3, 0.4) is 0 Å². The van der Waals surface area contributed by atoms with Gasteiger partial charge in [0.2, 0.25) is 0 Å². The number of nitrogens with zero attached hydrogens (tertiary/aromatic N) is 2. The number of ether oxygens (including phenoxy) is 1. The molecule has 5 rings (SSSR count). The first-order valence-corrected chi connectivity index (χ1v) is 8.67. The molecule has 1 aromatic carbocycles. The molecule has 2 N–H and O–H groups in total. The van der Waals surface area contributed by atoms with Crippen LogP contribution >= 0.6 is 0 Å². The molecule has 1 unspecified atom stereocenters. The zero-order valence-electron chi connectivity index (χ0n) is 13.9. The highest BCUT2D eigenvalue weighted by atomic mass is 16.5. The smallest absolute Gasteiger partial charge is 0.119 e. The largest absolute Gasteiger partial charge is 0.497 e. The van der Waals surface area contributed by atoms with Crippen molar-refractivity contribution in [2.24, 2.45) is 11.8 Å². The molecule has 2 bridgehead atoms. The molecule has 3 saturated heterocycles. The maximum Gasteiger partial charge on any atom is 0.119 e. The zero-order chi connectivity index (χ0) is 16.7. The molecule has 5 heteroatoms. The first-order chi connectivity index (χ1) is 11.7. The van der Waals surface area contributed by atoms with Crippen molar-refractivity contribution >= 4 is 10.9 Å². The fraction of sp³-hybridized carbons (Fsp3) is 0.526. The van der Waals surface area contributed by atoms with E-state index in [4.69, 9.17) is 4.74 Å². The number of fused-ring (bicyclic) bond motifs is 4. The summed E-state index contributed by atoms with van der Waals surface area (Å²) in [5.41, 5.74) is 1.79. The van der Waals surface area contributed by atoms with Crippen LogP contribution < -0.4 is 4.74 Å². The number of aliphatic hydroxyl groups excluding tert-OH is 2. The van der Waals surface area contributed by atoms with Gasteiger partial charge in [0.25, 0.3) is 0 Å². The van der Waals surface area contributed by atoms with Gasteiger partial charge in [0.05, 0.1) is 18.7 Å². The number of benzene rings is 1. The molecule has 2 aromatic rings. The number of hydrogen-bond acceptors (Lipinski definition) is 5. The highest BCUT2D eigenvalue weighted by Gasteiger charge is 2.42. The standard InChI is InChI=1S/C19H24N2O3/c1-24-14-2-3-17-16(9-14)15(4-6-20-17)19(23)18-8-12-5-7-21(18)10-13(12)11-22/h2-4,6,9,12-13,18-19,22-23H,5,7-8,10-11H2,1H3/t12-,13+,18+,19+/m0/s1. The predicted octanol–water partition coefficient (Wildman–Crippen LogP) is 1.98. The molecule has 0 radical (unpaired) electrons. The van der Waals surface area contributed by atoms with E-state index in [1.807, 2.05) is 24.3 Å². The summed E-state index contributed by atoms with van der Waals surface area (Å²) in [5, 5.41) is 21.6. The minimum Gasteiger partial charge on any atom is -0.497 e. The average Bonchev–Trinajstić information content (AvgIpc) is 2.66. The molecule has 3 aliphatic heterocycles. The van der Waals surface area contributed by atoms with Crippen molar-refractivity contribution in [3.8, 4) is 5.75 Å².